The van der Waals surface area contributed by atoms with Gasteiger partial charge in [0.05, 0.1) is 42.6 Å². The lowest BCUT2D eigenvalue weighted by atomic mass is 9.89. The highest BCUT2D eigenvalue weighted by Gasteiger charge is 2.40. The van der Waals surface area contributed by atoms with Gasteiger partial charge in [-0.25, -0.2) is 0 Å². The molecule has 8 heteroatoms. The van der Waals surface area contributed by atoms with Gasteiger partial charge in [-0.05, 0) is 48.4 Å². The number of likely N-dealkylation sites (N-methyl/N-ethyl adjacent to an activating group) is 1. The summed E-state index contributed by atoms with van der Waals surface area (Å²) in [6.45, 7) is 4.83. The molecule has 0 aromatic heterocycles. The minimum absolute atomic E-state index is 0.0205. The Kier molecular flexibility index (Phi) is 9.44. The van der Waals surface area contributed by atoms with Crippen molar-refractivity contribution in [3.05, 3.63) is 142 Å². The van der Waals surface area contributed by atoms with E-state index in [0.717, 1.165) is 27.8 Å². The van der Waals surface area contributed by atoms with E-state index in [-0.39, 0.29) is 49.1 Å². The summed E-state index contributed by atoms with van der Waals surface area (Å²) in [4.78, 5) is 29.2. The molecule has 2 amide bonds. The van der Waals surface area contributed by atoms with Gasteiger partial charge in [-0.1, -0.05) is 97.9 Å². The molecule has 0 radical (unpaired) electrons. The van der Waals surface area contributed by atoms with Gasteiger partial charge in [-0.3, -0.25) is 19.4 Å². The fourth-order valence-electron chi connectivity index (χ4n) is 6.29. The summed E-state index contributed by atoms with van der Waals surface area (Å²) in [5, 5.41) is 20.7. The summed E-state index contributed by atoms with van der Waals surface area (Å²) in [7, 11) is 2.00. The van der Waals surface area contributed by atoms with E-state index in [1.54, 1.807) is 24.3 Å². The van der Waals surface area contributed by atoms with Crippen molar-refractivity contribution in [1.29, 1.82) is 0 Å². The average molecular weight is 621 g/mol. The van der Waals surface area contributed by atoms with Crippen LogP contribution in [0.1, 0.15) is 80.9 Å². The number of aliphatic hydroxyl groups is 2. The van der Waals surface area contributed by atoms with Gasteiger partial charge in [-0.2, -0.15) is 0 Å². The Balaban J connectivity index is 1.21. The zero-order valence-corrected chi connectivity index (χ0v) is 26.3. The molecule has 238 valence electrons. The first-order valence-corrected chi connectivity index (χ1v) is 15.7. The molecule has 0 bridgehead atoms. The summed E-state index contributed by atoms with van der Waals surface area (Å²) in [6, 6.07) is 31.8. The van der Waals surface area contributed by atoms with Crippen molar-refractivity contribution in [1.82, 2.24) is 9.80 Å². The normalized spacial score (nSPS) is 22.6. The maximum Gasteiger partial charge on any atom is 0.261 e. The first-order valence-electron chi connectivity index (χ1n) is 15.7. The highest BCUT2D eigenvalue weighted by molar-refractivity contribution is 6.21. The van der Waals surface area contributed by atoms with Gasteiger partial charge in [0.15, 0.2) is 6.29 Å². The average Bonchev–Trinajstić information content (AvgIpc) is 3.34. The topological polar surface area (TPSA) is 99.5 Å². The molecule has 8 nitrogen and oxygen atoms in total. The van der Waals surface area contributed by atoms with Crippen molar-refractivity contribution in [2.45, 2.75) is 57.6 Å². The van der Waals surface area contributed by atoms with Gasteiger partial charge in [0.1, 0.15) is 0 Å². The first kappa shape index (κ1) is 31.8. The monoisotopic (exact) mass is 620 g/mol. The van der Waals surface area contributed by atoms with Gasteiger partial charge in [0.25, 0.3) is 11.8 Å². The highest BCUT2D eigenvalue weighted by atomic mass is 16.7. The lowest BCUT2D eigenvalue weighted by Gasteiger charge is -2.43. The quantitative estimate of drug-likeness (QED) is 0.216. The van der Waals surface area contributed by atoms with Crippen molar-refractivity contribution in [2.24, 2.45) is 5.92 Å². The Hall–Kier alpha value is -4.18. The van der Waals surface area contributed by atoms with Crippen LogP contribution in [0, 0.1) is 5.92 Å². The Morgan fingerprint density at radius 2 is 1.35 bits per heavy atom. The lowest BCUT2D eigenvalue weighted by Crippen LogP contribution is -2.46. The Morgan fingerprint density at radius 3 is 1.96 bits per heavy atom. The number of carbonyl (C=O) groups excluding carboxylic acids is 2. The molecule has 6 atom stereocenters. The van der Waals surface area contributed by atoms with E-state index < -0.39 is 12.4 Å². The predicted octanol–water partition coefficient (Wildman–Crippen LogP) is 5.82. The molecule has 46 heavy (non-hydrogen) atoms. The van der Waals surface area contributed by atoms with E-state index in [0.29, 0.717) is 17.7 Å². The number of rotatable bonds is 10. The van der Waals surface area contributed by atoms with E-state index in [9.17, 15) is 19.8 Å². The molecular weight excluding hydrogens is 580 g/mol. The molecule has 1 fully saturated rings. The summed E-state index contributed by atoms with van der Waals surface area (Å²) >= 11 is 0. The minimum Gasteiger partial charge on any atom is -0.392 e. The molecule has 2 heterocycles. The highest BCUT2D eigenvalue weighted by Crippen LogP contribution is 2.42. The second-order valence-electron chi connectivity index (χ2n) is 12.3. The zero-order chi connectivity index (χ0) is 32.4. The largest absolute Gasteiger partial charge is 0.392 e. The molecule has 0 spiro atoms. The third kappa shape index (κ3) is 6.40. The van der Waals surface area contributed by atoms with Crippen LogP contribution in [0.3, 0.4) is 0 Å². The molecule has 2 aliphatic heterocycles. The maximum atomic E-state index is 12.9. The van der Waals surface area contributed by atoms with Crippen LogP contribution >= 0.6 is 0 Å². The van der Waals surface area contributed by atoms with Crippen LogP contribution in [0.4, 0.5) is 0 Å². The van der Waals surface area contributed by atoms with Crippen LogP contribution in [0.5, 0.6) is 0 Å². The number of ether oxygens (including phenoxy) is 2. The number of amides is 2. The number of carbonyl (C=O) groups is 2. The summed E-state index contributed by atoms with van der Waals surface area (Å²) in [5.74, 6) is -0.592. The SMILES string of the molecule is CC1C(CN(C)C(C)C(O)c2ccccc2)OC(c2ccc(CN3C(=O)c4ccccc4C3=O)cc2)OC1c1ccc(CO)cc1. The van der Waals surface area contributed by atoms with Crippen molar-refractivity contribution in [3.8, 4) is 0 Å². The van der Waals surface area contributed by atoms with E-state index >= 15 is 0 Å². The molecule has 2 N–H and O–H groups in total. The number of fused-ring (bicyclic) bond motifs is 1. The number of hydrogen-bond acceptors (Lipinski definition) is 7. The molecule has 0 saturated carbocycles. The van der Waals surface area contributed by atoms with Crippen LogP contribution in [-0.4, -0.2) is 57.6 Å². The van der Waals surface area contributed by atoms with Gasteiger partial charge in [0.2, 0.25) is 0 Å². The smallest absolute Gasteiger partial charge is 0.261 e. The Bertz CT molecular complexity index is 1620. The zero-order valence-electron chi connectivity index (χ0n) is 26.3. The van der Waals surface area contributed by atoms with Crippen molar-refractivity contribution in [3.63, 3.8) is 0 Å². The molecule has 0 aliphatic carbocycles. The van der Waals surface area contributed by atoms with Gasteiger partial charge < -0.3 is 19.7 Å². The second kappa shape index (κ2) is 13.7. The van der Waals surface area contributed by atoms with Gasteiger partial charge in [0, 0.05) is 24.1 Å². The fourth-order valence-corrected chi connectivity index (χ4v) is 6.29. The molecule has 6 rings (SSSR count). The standard InChI is InChI=1S/C38H40N2O6/c1-24-33(22-39(3)25(2)34(42)28-9-5-4-6-10-28)45-38(46-35(24)29-17-15-27(23-41)16-18-29)30-19-13-26(14-20-30)21-40-36(43)31-11-7-8-12-32(31)37(40)44/h4-20,24-25,33-35,38,41-42H,21-23H2,1-3H3. The number of benzene rings is 4. The Morgan fingerprint density at radius 1 is 0.783 bits per heavy atom. The van der Waals surface area contributed by atoms with Crippen molar-refractivity contribution in [2.75, 3.05) is 13.6 Å². The van der Waals surface area contributed by atoms with E-state index in [1.807, 2.05) is 92.8 Å². The third-order valence-electron chi connectivity index (χ3n) is 9.36. The number of imide groups is 1. The lowest BCUT2D eigenvalue weighted by molar-refractivity contribution is -0.276. The Labute approximate surface area is 269 Å². The predicted molar refractivity (Wildman–Crippen MR) is 174 cm³/mol. The van der Waals surface area contributed by atoms with Crippen molar-refractivity contribution < 1.29 is 29.3 Å². The van der Waals surface area contributed by atoms with Gasteiger partial charge >= 0.3 is 0 Å². The van der Waals surface area contributed by atoms with Crippen LogP contribution in [0.25, 0.3) is 0 Å². The van der Waals surface area contributed by atoms with E-state index in [4.69, 9.17) is 9.47 Å². The molecule has 6 unspecified atom stereocenters. The maximum absolute atomic E-state index is 12.9. The van der Waals surface area contributed by atoms with E-state index in [2.05, 4.69) is 11.8 Å². The van der Waals surface area contributed by atoms with Crippen LogP contribution in [0.15, 0.2) is 103 Å². The minimum atomic E-state index is -0.667. The van der Waals surface area contributed by atoms with Crippen LogP contribution in [-0.2, 0) is 22.6 Å². The molecule has 2 aliphatic rings. The van der Waals surface area contributed by atoms with Crippen molar-refractivity contribution >= 4 is 11.8 Å². The third-order valence-corrected chi connectivity index (χ3v) is 9.36. The molecule has 1 saturated heterocycles. The summed E-state index contributed by atoms with van der Waals surface area (Å²) in [5.41, 5.74) is 5.19. The van der Waals surface area contributed by atoms with Crippen LogP contribution < -0.4 is 0 Å². The fraction of sp³-hybridized carbons (Fsp3) is 0.316. The number of nitrogens with zero attached hydrogens (tertiary/aromatic N) is 2. The van der Waals surface area contributed by atoms with Gasteiger partial charge in [-0.15, -0.1) is 0 Å². The molecule has 4 aromatic rings. The number of aliphatic hydroxyl groups excluding tert-OH is 2. The number of hydrogen-bond donors (Lipinski definition) is 2. The first-order chi connectivity index (χ1) is 22.2. The second-order valence-corrected chi connectivity index (χ2v) is 12.3. The molecule has 4 aromatic carbocycles. The summed E-state index contributed by atoms with van der Waals surface area (Å²) in [6.07, 6.45) is -1.83. The van der Waals surface area contributed by atoms with E-state index in [1.165, 1.54) is 4.90 Å². The molecular formula is C38H40N2O6. The van der Waals surface area contributed by atoms with Crippen LogP contribution in [0.2, 0.25) is 0 Å². The summed E-state index contributed by atoms with van der Waals surface area (Å²) < 4.78 is 13.2.